The molecule has 1 atom stereocenters. The molecule has 1 aromatic rings. The van der Waals surface area contributed by atoms with E-state index in [1.165, 1.54) is 18.9 Å². The highest BCUT2D eigenvalue weighted by molar-refractivity contribution is 5.28. The van der Waals surface area contributed by atoms with Gasteiger partial charge in [-0.15, -0.1) is 0 Å². The molecular formula is C14H19F3N2. The molecule has 2 rings (SSSR count). The molecule has 19 heavy (non-hydrogen) atoms. The van der Waals surface area contributed by atoms with Crippen LogP contribution >= 0.6 is 0 Å². The maximum atomic E-state index is 12.6. The van der Waals surface area contributed by atoms with E-state index in [1.54, 1.807) is 6.07 Å². The molecule has 1 saturated carbocycles. The number of hydrogen-bond donors (Lipinski definition) is 1. The third-order valence-electron chi connectivity index (χ3n) is 3.42. The molecule has 5 heteroatoms. The van der Waals surface area contributed by atoms with E-state index < -0.39 is 11.7 Å². The Hall–Kier alpha value is -1.07. The molecule has 1 unspecified atom stereocenters. The topological polar surface area (TPSA) is 29.3 Å². The fourth-order valence-corrected chi connectivity index (χ4v) is 2.20. The number of likely N-dealkylation sites (N-methyl/N-ethyl adjacent to an activating group) is 1. The third kappa shape index (κ3) is 4.21. The molecule has 0 bridgehead atoms. The fourth-order valence-electron chi connectivity index (χ4n) is 2.20. The van der Waals surface area contributed by atoms with Gasteiger partial charge in [0.2, 0.25) is 0 Å². The largest absolute Gasteiger partial charge is 0.416 e. The number of alkyl halides is 3. The third-order valence-corrected chi connectivity index (χ3v) is 3.42. The highest BCUT2D eigenvalue weighted by Crippen LogP contribution is 2.31. The van der Waals surface area contributed by atoms with Gasteiger partial charge in [-0.1, -0.05) is 12.1 Å². The molecule has 0 radical (unpaired) electrons. The van der Waals surface area contributed by atoms with Gasteiger partial charge in [-0.2, -0.15) is 13.2 Å². The second-order valence-corrected chi connectivity index (χ2v) is 5.39. The average Bonchev–Trinajstić information content (AvgIpc) is 3.11. The minimum atomic E-state index is -4.31. The predicted molar refractivity (Wildman–Crippen MR) is 68.6 cm³/mol. The lowest BCUT2D eigenvalue weighted by Gasteiger charge is -2.22. The van der Waals surface area contributed by atoms with E-state index in [-0.39, 0.29) is 6.04 Å². The van der Waals surface area contributed by atoms with Crippen molar-refractivity contribution >= 4 is 0 Å². The fraction of sp³-hybridized carbons (Fsp3) is 0.571. The maximum Gasteiger partial charge on any atom is 0.416 e. The summed E-state index contributed by atoms with van der Waals surface area (Å²) in [5.41, 5.74) is 5.90. The first kappa shape index (κ1) is 14.3. The van der Waals surface area contributed by atoms with Gasteiger partial charge in [-0.25, -0.2) is 0 Å². The van der Waals surface area contributed by atoms with Crippen molar-refractivity contribution in [2.75, 3.05) is 20.1 Å². The summed E-state index contributed by atoms with van der Waals surface area (Å²) >= 11 is 0. The van der Waals surface area contributed by atoms with Gasteiger partial charge < -0.3 is 10.6 Å². The number of benzene rings is 1. The number of nitrogens with two attached hydrogens (primary N) is 1. The lowest BCUT2D eigenvalue weighted by molar-refractivity contribution is -0.137. The molecule has 0 spiro atoms. The molecule has 1 aliphatic carbocycles. The second kappa shape index (κ2) is 5.51. The van der Waals surface area contributed by atoms with E-state index in [2.05, 4.69) is 4.90 Å². The van der Waals surface area contributed by atoms with Crippen molar-refractivity contribution in [1.82, 2.24) is 4.90 Å². The van der Waals surface area contributed by atoms with Crippen molar-refractivity contribution in [3.63, 3.8) is 0 Å². The molecule has 1 aliphatic rings. The highest BCUT2D eigenvalue weighted by atomic mass is 19.4. The van der Waals surface area contributed by atoms with Crippen LogP contribution in [0.15, 0.2) is 24.3 Å². The van der Waals surface area contributed by atoms with Crippen molar-refractivity contribution < 1.29 is 13.2 Å². The van der Waals surface area contributed by atoms with Gasteiger partial charge in [0.05, 0.1) is 5.56 Å². The SMILES string of the molecule is CN(CC1CC1)CC(N)c1cccc(C(F)(F)F)c1. The summed E-state index contributed by atoms with van der Waals surface area (Å²) in [6, 6.07) is 4.91. The van der Waals surface area contributed by atoms with Gasteiger partial charge >= 0.3 is 6.18 Å². The van der Waals surface area contributed by atoms with Crippen molar-refractivity contribution in [2.45, 2.75) is 25.1 Å². The van der Waals surface area contributed by atoms with Crippen LogP contribution in [-0.2, 0) is 6.18 Å². The van der Waals surface area contributed by atoms with Crippen molar-refractivity contribution in [1.29, 1.82) is 0 Å². The van der Waals surface area contributed by atoms with E-state index in [9.17, 15) is 13.2 Å². The van der Waals surface area contributed by atoms with Crippen LogP contribution in [0.5, 0.6) is 0 Å². The van der Waals surface area contributed by atoms with E-state index >= 15 is 0 Å². The Morgan fingerprint density at radius 2 is 2.05 bits per heavy atom. The number of nitrogens with zero attached hydrogens (tertiary/aromatic N) is 1. The van der Waals surface area contributed by atoms with Gasteiger partial charge in [0.15, 0.2) is 0 Å². The monoisotopic (exact) mass is 272 g/mol. The van der Waals surface area contributed by atoms with E-state index in [4.69, 9.17) is 5.73 Å². The second-order valence-electron chi connectivity index (χ2n) is 5.39. The number of rotatable bonds is 5. The normalized spacial score (nSPS) is 17.8. The van der Waals surface area contributed by atoms with E-state index in [1.807, 2.05) is 7.05 Å². The minimum absolute atomic E-state index is 0.383. The zero-order valence-electron chi connectivity index (χ0n) is 11.0. The summed E-state index contributed by atoms with van der Waals surface area (Å²) in [6.45, 7) is 1.56. The van der Waals surface area contributed by atoms with Gasteiger partial charge in [0.1, 0.15) is 0 Å². The quantitative estimate of drug-likeness (QED) is 0.892. The van der Waals surface area contributed by atoms with E-state index in [0.717, 1.165) is 24.6 Å². The van der Waals surface area contributed by atoms with Crippen molar-refractivity contribution in [2.24, 2.45) is 11.7 Å². The average molecular weight is 272 g/mol. The van der Waals surface area contributed by atoms with Gasteiger partial charge in [0.25, 0.3) is 0 Å². The Kier molecular flexibility index (Phi) is 4.16. The number of halogens is 3. The van der Waals surface area contributed by atoms with Crippen LogP contribution in [-0.4, -0.2) is 25.0 Å². The first-order chi connectivity index (χ1) is 8.86. The van der Waals surface area contributed by atoms with Crippen LogP contribution in [0.2, 0.25) is 0 Å². The maximum absolute atomic E-state index is 12.6. The van der Waals surface area contributed by atoms with Crippen LogP contribution < -0.4 is 5.73 Å². The van der Waals surface area contributed by atoms with Crippen LogP contribution in [0, 0.1) is 5.92 Å². The zero-order valence-corrected chi connectivity index (χ0v) is 11.0. The summed E-state index contributed by atoms with van der Waals surface area (Å²) < 4.78 is 37.9. The van der Waals surface area contributed by atoms with Gasteiger partial charge in [-0.05, 0) is 43.5 Å². The van der Waals surface area contributed by atoms with E-state index in [0.29, 0.717) is 12.1 Å². The Morgan fingerprint density at radius 3 is 2.63 bits per heavy atom. The molecule has 2 nitrogen and oxygen atoms in total. The molecular weight excluding hydrogens is 253 g/mol. The van der Waals surface area contributed by atoms with Gasteiger partial charge in [0, 0.05) is 19.1 Å². The van der Waals surface area contributed by atoms with Crippen molar-refractivity contribution in [3.05, 3.63) is 35.4 Å². The Balaban J connectivity index is 1.99. The first-order valence-electron chi connectivity index (χ1n) is 6.47. The minimum Gasteiger partial charge on any atom is -0.323 e. The summed E-state index contributed by atoms with van der Waals surface area (Å²) in [7, 11) is 1.96. The van der Waals surface area contributed by atoms with Crippen LogP contribution in [0.1, 0.15) is 30.0 Å². The highest BCUT2D eigenvalue weighted by Gasteiger charge is 2.31. The Morgan fingerprint density at radius 1 is 1.37 bits per heavy atom. The Labute approximate surface area is 111 Å². The Bertz CT molecular complexity index is 427. The molecule has 106 valence electrons. The molecule has 0 heterocycles. The van der Waals surface area contributed by atoms with Crippen molar-refractivity contribution in [3.8, 4) is 0 Å². The number of hydrogen-bond acceptors (Lipinski definition) is 2. The molecule has 1 aromatic carbocycles. The molecule has 1 fully saturated rings. The predicted octanol–water partition coefficient (Wildman–Crippen LogP) is 3.05. The van der Waals surface area contributed by atoms with Crippen LogP contribution in [0.4, 0.5) is 13.2 Å². The van der Waals surface area contributed by atoms with Crippen LogP contribution in [0.3, 0.4) is 0 Å². The zero-order chi connectivity index (χ0) is 14.0. The van der Waals surface area contributed by atoms with Crippen LogP contribution in [0.25, 0.3) is 0 Å². The lowest BCUT2D eigenvalue weighted by Crippen LogP contribution is -2.30. The smallest absolute Gasteiger partial charge is 0.323 e. The lowest BCUT2D eigenvalue weighted by atomic mass is 10.0. The standard InChI is InChI=1S/C14H19F3N2/c1-19(8-10-5-6-10)9-13(18)11-3-2-4-12(7-11)14(15,16)17/h2-4,7,10,13H,5-6,8-9,18H2,1H3. The molecule has 0 amide bonds. The molecule has 0 saturated heterocycles. The molecule has 0 aromatic heterocycles. The molecule has 0 aliphatic heterocycles. The summed E-state index contributed by atoms with van der Waals surface area (Å²) in [6.07, 6.45) is -1.80. The molecule has 2 N–H and O–H groups in total. The van der Waals surface area contributed by atoms with Gasteiger partial charge in [-0.3, -0.25) is 0 Å². The summed E-state index contributed by atoms with van der Waals surface area (Å²) in [4.78, 5) is 2.10. The summed E-state index contributed by atoms with van der Waals surface area (Å²) in [5.74, 6) is 0.749. The summed E-state index contributed by atoms with van der Waals surface area (Å²) in [5, 5.41) is 0. The first-order valence-corrected chi connectivity index (χ1v) is 6.47.